The molecule has 0 unspecified atom stereocenters. The molecule has 98 valence electrons. The molecule has 6 nitrogen and oxygen atoms in total. The van der Waals surface area contributed by atoms with Gasteiger partial charge in [-0.25, -0.2) is 4.98 Å². The van der Waals surface area contributed by atoms with Gasteiger partial charge < -0.3 is 14.6 Å². The molecule has 0 fully saturated rings. The Hall–Kier alpha value is -1.82. The Kier molecular flexibility index (Phi) is 3.99. The molecule has 0 atom stereocenters. The van der Waals surface area contributed by atoms with E-state index in [4.69, 9.17) is 4.74 Å². The van der Waals surface area contributed by atoms with Crippen LogP contribution in [0.15, 0.2) is 18.5 Å². The van der Waals surface area contributed by atoms with Crippen molar-refractivity contribution in [3.05, 3.63) is 24.2 Å². The zero-order valence-electron chi connectivity index (χ0n) is 11.1. The van der Waals surface area contributed by atoms with Crippen LogP contribution in [0.3, 0.4) is 0 Å². The first kappa shape index (κ1) is 12.6. The molecule has 0 aliphatic rings. The van der Waals surface area contributed by atoms with Gasteiger partial charge in [-0.15, -0.1) is 0 Å². The second kappa shape index (κ2) is 5.68. The van der Waals surface area contributed by atoms with E-state index in [-0.39, 0.29) is 0 Å². The molecular weight excluding hydrogens is 230 g/mol. The quantitative estimate of drug-likeness (QED) is 0.848. The minimum absolute atomic E-state index is 0.661. The second-order valence-corrected chi connectivity index (χ2v) is 4.07. The Labute approximate surface area is 107 Å². The highest BCUT2D eigenvalue weighted by atomic mass is 16.5. The van der Waals surface area contributed by atoms with Crippen LogP contribution in [-0.4, -0.2) is 33.0 Å². The summed E-state index contributed by atoms with van der Waals surface area (Å²) in [7, 11) is 1.69. The van der Waals surface area contributed by atoms with Crippen molar-refractivity contribution in [3.63, 3.8) is 0 Å². The maximum atomic E-state index is 5.09. The third kappa shape index (κ3) is 2.89. The summed E-state index contributed by atoms with van der Waals surface area (Å²) in [6.45, 7) is 6.32. The predicted octanol–water partition coefficient (Wildman–Crippen LogP) is 1.80. The van der Waals surface area contributed by atoms with E-state index in [0.29, 0.717) is 6.61 Å². The highest BCUT2D eigenvalue weighted by molar-refractivity contribution is 5.47. The number of rotatable bonds is 6. The van der Waals surface area contributed by atoms with Crippen molar-refractivity contribution in [2.75, 3.05) is 19.0 Å². The van der Waals surface area contributed by atoms with Gasteiger partial charge in [-0.1, -0.05) is 0 Å². The lowest BCUT2D eigenvalue weighted by atomic mass is 10.5. The van der Waals surface area contributed by atoms with E-state index in [9.17, 15) is 0 Å². The van der Waals surface area contributed by atoms with Crippen LogP contribution >= 0.6 is 0 Å². The summed E-state index contributed by atoms with van der Waals surface area (Å²) in [5.41, 5.74) is 0.975. The fourth-order valence-electron chi connectivity index (χ4n) is 1.73. The number of imidazole rings is 1. The molecule has 0 radical (unpaired) electrons. The zero-order chi connectivity index (χ0) is 13.0. The lowest BCUT2D eigenvalue weighted by Crippen LogP contribution is -2.07. The molecular formula is C12H19N5O. The van der Waals surface area contributed by atoms with E-state index in [1.807, 2.05) is 34.6 Å². The Morgan fingerprint density at radius 3 is 2.94 bits per heavy atom. The SMILES string of the molecule is CCn1ccc(Nc2nc(C)cn2CCOC)n1. The van der Waals surface area contributed by atoms with Crippen molar-refractivity contribution in [1.29, 1.82) is 0 Å². The van der Waals surface area contributed by atoms with Gasteiger partial charge in [0.2, 0.25) is 5.95 Å². The molecule has 0 saturated heterocycles. The molecule has 0 spiro atoms. The van der Waals surface area contributed by atoms with E-state index in [2.05, 4.69) is 22.3 Å². The second-order valence-electron chi connectivity index (χ2n) is 4.07. The molecule has 0 aromatic carbocycles. The van der Waals surface area contributed by atoms with Gasteiger partial charge in [0.15, 0.2) is 5.82 Å². The lowest BCUT2D eigenvalue weighted by molar-refractivity contribution is 0.188. The minimum atomic E-state index is 0.661. The maximum Gasteiger partial charge on any atom is 0.208 e. The van der Waals surface area contributed by atoms with E-state index >= 15 is 0 Å². The number of aromatic nitrogens is 4. The Morgan fingerprint density at radius 2 is 2.28 bits per heavy atom. The molecule has 6 heteroatoms. The fraction of sp³-hybridized carbons (Fsp3) is 0.500. The van der Waals surface area contributed by atoms with Crippen LogP contribution in [0, 0.1) is 6.92 Å². The van der Waals surface area contributed by atoms with Crippen LogP contribution in [0.5, 0.6) is 0 Å². The van der Waals surface area contributed by atoms with Gasteiger partial charge in [0.05, 0.1) is 12.3 Å². The highest BCUT2D eigenvalue weighted by Gasteiger charge is 2.07. The molecule has 0 saturated carbocycles. The van der Waals surface area contributed by atoms with Crippen LogP contribution in [-0.2, 0) is 17.8 Å². The monoisotopic (exact) mass is 249 g/mol. The summed E-state index contributed by atoms with van der Waals surface area (Å²) in [5, 5.41) is 7.60. The predicted molar refractivity (Wildman–Crippen MR) is 70.0 cm³/mol. The Bertz CT molecular complexity index is 502. The van der Waals surface area contributed by atoms with E-state index in [1.54, 1.807) is 7.11 Å². The number of hydrogen-bond acceptors (Lipinski definition) is 4. The molecule has 2 rings (SSSR count). The smallest absolute Gasteiger partial charge is 0.208 e. The number of ether oxygens (including phenoxy) is 1. The average molecular weight is 249 g/mol. The maximum absolute atomic E-state index is 5.09. The summed E-state index contributed by atoms with van der Waals surface area (Å²) in [6.07, 6.45) is 3.94. The third-order valence-corrected chi connectivity index (χ3v) is 2.64. The highest BCUT2D eigenvalue weighted by Crippen LogP contribution is 2.14. The van der Waals surface area contributed by atoms with Gasteiger partial charge in [0.25, 0.3) is 0 Å². The molecule has 18 heavy (non-hydrogen) atoms. The van der Waals surface area contributed by atoms with E-state index in [1.165, 1.54) is 0 Å². The summed E-state index contributed by atoms with van der Waals surface area (Å²) in [5.74, 6) is 1.60. The summed E-state index contributed by atoms with van der Waals surface area (Å²) < 4.78 is 8.99. The third-order valence-electron chi connectivity index (χ3n) is 2.64. The molecule has 2 aromatic rings. The van der Waals surface area contributed by atoms with Crippen molar-refractivity contribution in [3.8, 4) is 0 Å². The van der Waals surface area contributed by atoms with Crippen LogP contribution in [0.2, 0.25) is 0 Å². The van der Waals surface area contributed by atoms with Crippen molar-refractivity contribution < 1.29 is 4.74 Å². The summed E-state index contributed by atoms with van der Waals surface area (Å²) in [4.78, 5) is 4.44. The van der Waals surface area contributed by atoms with Crippen LogP contribution < -0.4 is 5.32 Å². The zero-order valence-corrected chi connectivity index (χ0v) is 11.1. The number of nitrogens with one attached hydrogen (secondary N) is 1. The van der Waals surface area contributed by atoms with Gasteiger partial charge in [-0.2, -0.15) is 5.10 Å². The first-order chi connectivity index (χ1) is 8.72. The lowest BCUT2D eigenvalue weighted by Gasteiger charge is -2.07. The number of nitrogens with zero attached hydrogens (tertiary/aromatic N) is 4. The van der Waals surface area contributed by atoms with Crippen LogP contribution in [0.25, 0.3) is 0 Å². The van der Waals surface area contributed by atoms with Crippen LogP contribution in [0.4, 0.5) is 11.8 Å². The van der Waals surface area contributed by atoms with E-state index in [0.717, 1.165) is 30.5 Å². The first-order valence-electron chi connectivity index (χ1n) is 6.06. The standard InChI is InChI=1S/C12H19N5O/c1-4-17-6-5-11(15-17)14-12-13-10(2)9-16(12)7-8-18-3/h5-6,9H,4,7-8H2,1-3H3,(H,13,14,15). The molecule has 0 amide bonds. The Morgan fingerprint density at radius 1 is 1.44 bits per heavy atom. The minimum Gasteiger partial charge on any atom is -0.383 e. The van der Waals surface area contributed by atoms with E-state index < -0.39 is 0 Å². The molecule has 2 heterocycles. The summed E-state index contributed by atoms with van der Waals surface area (Å²) in [6, 6.07) is 1.94. The number of methoxy groups -OCH3 is 1. The molecule has 1 N–H and O–H groups in total. The topological polar surface area (TPSA) is 56.9 Å². The molecule has 0 aliphatic carbocycles. The van der Waals surface area contributed by atoms with Crippen LogP contribution in [0.1, 0.15) is 12.6 Å². The fourth-order valence-corrected chi connectivity index (χ4v) is 1.73. The van der Waals surface area contributed by atoms with Crippen molar-refractivity contribution >= 4 is 11.8 Å². The van der Waals surface area contributed by atoms with Crippen molar-refractivity contribution in [2.24, 2.45) is 0 Å². The summed E-state index contributed by atoms with van der Waals surface area (Å²) >= 11 is 0. The van der Waals surface area contributed by atoms with Gasteiger partial charge in [0, 0.05) is 38.7 Å². The number of anilines is 2. The molecule has 2 aromatic heterocycles. The van der Waals surface area contributed by atoms with Gasteiger partial charge in [-0.05, 0) is 13.8 Å². The van der Waals surface area contributed by atoms with Gasteiger partial charge in [-0.3, -0.25) is 4.68 Å². The molecule has 0 aliphatic heterocycles. The van der Waals surface area contributed by atoms with Gasteiger partial charge >= 0.3 is 0 Å². The number of hydrogen-bond donors (Lipinski definition) is 1. The van der Waals surface area contributed by atoms with Crippen molar-refractivity contribution in [2.45, 2.75) is 26.9 Å². The van der Waals surface area contributed by atoms with Crippen molar-refractivity contribution in [1.82, 2.24) is 19.3 Å². The normalized spacial score (nSPS) is 10.8. The number of aryl methyl sites for hydroxylation is 2. The molecule has 0 bridgehead atoms. The Balaban J connectivity index is 2.12. The van der Waals surface area contributed by atoms with Gasteiger partial charge in [0.1, 0.15) is 0 Å². The average Bonchev–Trinajstić information content (AvgIpc) is 2.94. The first-order valence-corrected chi connectivity index (χ1v) is 6.06. The largest absolute Gasteiger partial charge is 0.383 e.